The summed E-state index contributed by atoms with van der Waals surface area (Å²) in [7, 11) is 0. The normalized spacial score (nSPS) is 27.4. The van der Waals surface area contributed by atoms with Gasteiger partial charge in [-0.2, -0.15) is 13.2 Å². The number of anilines is 1. The van der Waals surface area contributed by atoms with Gasteiger partial charge in [-0.25, -0.2) is 9.97 Å². The summed E-state index contributed by atoms with van der Waals surface area (Å²) in [4.78, 5) is 9.66. The van der Waals surface area contributed by atoms with Crippen LogP contribution in [0.5, 0.6) is 0 Å². The molecule has 3 heterocycles. The Hall–Kier alpha value is -1.41. The van der Waals surface area contributed by atoms with E-state index in [-0.39, 0.29) is 12.1 Å². The number of halogens is 3. The molecule has 0 radical (unpaired) electrons. The second-order valence-electron chi connectivity index (χ2n) is 5.12. The van der Waals surface area contributed by atoms with Gasteiger partial charge in [-0.1, -0.05) is 0 Å². The summed E-state index contributed by atoms with van der Waals surface area (Å²) in [6.07, 6.45) is -0.286. The minimum atomic E-state index is -4.44. The van der Waals surface area contributed by atoms with Crippen molar-refractivity contribution in [3.63, 3.8) is 0 Å². The van der Waals surface area contributed by atoms with Crippen molar-refractivity contribution in [1.29, 1.82) is 0 Å². The van der Waals surface area contributed by atoms with E-state index in [0.717, 1.165) is 44.7 Å². The van der Waals surface area contributed by atoms with E-state index in [9.17, 15) is 13.2 Å². The van der Waals surface area contributed by atoms with Gasteiger partial charge in [0, 0.05) is 12.2 Å². The number of aromatic nitrogens is 2. The Kier molecular flexibility index (Phi) is 3.51. The van der Waals surface area contributed by atoms with Gasteiger partial charge in [0.1, 0.15) is 5.69 Å². The van der Waals surface area contributed by atoms with Crippen LogP contribution in [0.1, 0.15) is 25.0 Å². The third-order valence-corrected chi connectivity index (χ3v) is 3.83. The first-order chi connectivity index (χ1) is 9.54. The molecule has 0 aromatic carbocycles. The van der Waals surface area contributed by atoms with Crippen molar-refractivity contribution >= 4 is 5.95 Å². The van der Waals surface area contributed by atoms with Crippen LogP contribution in [-0.2, 0) is 6.18 Å². The Morgan fingerprint density at radius 2 is 2.15 bits per heavy atom. The molecule has 110 valence electrons. The Labute approximate surface area is 114 Å². The first kappa shape index (κ1) is 13.6. The number of alkyl halides is 3. The van der Waals surface area contributed by atoms with Crippen molar-refractivity contribution in [2.24, 2.45) is 0 Å². The average Bonchev–Trinajstić information content (AvgIpc) is 2.82. The van der Waals surface area contributed by atoms with E-state index >= 15 is 0 Å². The van der Waals surface area contributed by atoms with Crippen molar-refractivity contribution in [3.8, 4) is 0 Å². The molecule has 1 aromatic rings. The zero-order chi connectivity index (χ0) is 14.2. The molecule has 2 aliphatic heterocycles. The van der Waals surface area contributed by atoms with Gasteiger partial charge in [0.15, 0.2) is 0 Å². The van der Waals surface area contributed by atoms with E-state index < -0.39 is 11.9 Å². The van der Waals surface area contributed by atoms with Crippen LogP contribution in [0.4, 0.5) is 19.1 Å². The molecule has 0 aliphatic carbocycles. The standard InChI is InChI=1S/C12H16F3N5/c13-12(14,15)9-4-6-17-11(18-9)19-10-2-1-8-3-5-16-7-20(8)10/h4,6,8,10,16H,1-3,5,7H2,(H,17,18,19)/t8-,10-/m0/s1. The summed E-state index contributed by atoms with van der Waals surface area (Å²) in [5.74, 6) is 0.0380. The Bertz CT molecular complexity index is 478. The van der Waals surface area contributed by atoms with E-state index in [0.29, 0.717) is 6.04 Å². The van der Waals surface area contributed by atoms with Crippen LogP contribution < -0.4 is 10.6 Å². The number of nitrogens with one attached hydrogen (secondary N) is 2. The third-order valence-electron chi connectivity index (χ3n) is 3.83. The van der Waals surface area contributed by atoms with Crippen molar-refractivity contribution in [2.75, 3.05) is 18.5 Å². The van der Waals surface area contributed by atoms with E-state index in [1.165, 1.54) is 0 Å². The van der Waals surface area contributed by atoms with E-state index in [2.05, 4.69) is 25.5 Å². The Morgan fingerprint density at radius 3 is 2.95 bits per heavy atom. The molecule has 5 nitrogen and oxygen atoms in total. The molecule has 20 heavy (non-hydrogen) atoms. The summed E-state index contributed by atoms with van der Waals surface area (Å²) >= 11 is 0. The lowest BCUT2D eigenvalue weighted by Gasteiger charge is -2.34. The highest BCUT2D eigenvalue weighted by atomic mass is 19.4. The van der Waals surface area contributed by atoms with Crippen LogP contribution in [0.2, 0.25) is 0 Å². The minimum Gasteiger partial charge on any atom is -0.339 e. The third kappa shape index (κ3) is 2.71. The topological polar surface area (TPSA) is 53.1 Å². The molecular formula is C12H16F3N5. The predicted molar refractivity (Wildman–Crippen MR) is 66.8 cm³/mol. The van der Waals surface area contributed by atoms with Gasteiger partial charge in [0.05, 0.1) is 12.8 Å². The van der Waals surface area contributed by atoms with Gasteiger partial charge in [-0.3, -0.25) is 4.90 Å². The summed E-state index contributed by atoms with van der Waals surface area (Å²) in [5.41, 5.74) is -0.915. The van der Waals surface area contributed by atoms with E-state index in [1.807, 2.05) is 0 Å². The molecule has 3 rings (SSSR count). The molecule has 0 saturated carbocycles. The van der Waals surface area contributed by atoms with Gasteiger partial charge in [-0.15, -0.1) is 0 Å². The molecule has 0 unspecified atom stereocenters. The first-order valence-electron chi connectivity index (χ1n) is 6.67. The summed E-state index contributed by atoms with van der Waals surface area (Å²) in [6, 6.07) is 1.38. The number of fused-ring (bicyclic) bond motifs is 1. The summed E-state index contributed by atoms with van der Waals surface area (Å²) < 4.78 is 37.8. The molecule has 2 aliphatic rings. The lowest BCUT2D eigenvalue weighted by molar-refractivity contribution is -0.141. The molecule has 1 aromatic heterocycles. The van der Waals surface area contributed by atoms with Crippen molar-refractivity contribution < 1.29 is 13.2 Å². The van der Waals surface area contributed by atoms with Gasteiger partial charge in [-0.05, 0) is 31.9 Å². The molecule has 0 amide bonds. The predicted octanol–water partition coefficient (Wildman–Crippen LogP) is 1.65. The number of rotatable bonds is 2. The maximum atomic E-state index is 12.6. The van der Waals surface area contributed by atoms with Crippen LogP contribution >= 0.6 is 0 Å². The average molecular weight is 287 g/mol. The molecular weight excluding hydrogens is 271 g/mol. The van der Waals surface area contributed by atoms with Crippen LogP contribution in [0, 0.1) is 0 Å². The Balaban J connectivity index is 1.72. The maximum Gasteiger partial charge on any atom is 0.433 e. The molecule has 0 bridgehead atoms. The second-order valence-corrected chi connectivity index (χ2v) is 5.12. The smallest absolute Gasteiger partial charge is 0.339 e. The minimum absolute atomic E-state index is 0.00344. The fourth-order valence-corrected chi connectivity index (χ4v) is 2.85. The second kappa shape index (κ2) is 5.17. The van der Waals surface area contributed by atoms with Gasteiger partial charge in [0.2, 0.25) is 5.95 Å². The molecule has 2 fully saturated rings. The molecule has 2 atom stereocenters. The van der Waals surface area contributed by atoms with Gasteiger partial charge < -0.3 is 10.6 Å². The molecule has 0 spiro atoms. The highest BCUT2D eigenvalue weighted by molar-refractivity contribution is 5.28. The SMILES string of the molecule is FC(F)(F)c1ccnc(N[C@@H]2CC[C@H]3CCNCN32)n1. The lowest BCUT2D eigenvalue weighted by Crippen LogP contribution is -2.50. The fourth-order valence-electron chi connectivity index (χ4n) is 2.85. The monoisotopic (exact) mass is 287 g/mol. The molecule has 8 heteroatoms. The van der Waals surface area contributed by atoms with Crippen LogP contribution in [0.3, 0.4) is 0 Å². The highest BCUT2D eigenvalue weighted by Gasteiger charge is 2.36. The summed E-state index contributed by atoms with van der Waals surface area (Å²) in [6.45, 7) is 1.75. The molecule has 2 saturated heterocycles. The van der Waals surface area contributed by atoms with Crippen molar-refractivity contribution in [2.45, 2.75) is 37.6 Å². The highest BCUT2D eigenvalue weighted by Crippen LogP contribution is 2.30. The Morgan fingerprint density at radius 1 is 1.30 bits per heavy atom. The fraction of sp³-hybridized carbons (Fsp3) is 0.667. The van der Waals surface area contributed by atoms with Crippen LogP contribution in [-0.4, -0.2) is 40.3 Å². The van der Waals surface area contributed by atoms with Crippen LogP contribution in [0.25, 0.3) is 0 Å². The first-order valence-corrected chi connectivity index (χ1v) is 6.67. The van der Waals surface area contributed by atoms with Crippen molar-refractivity contribution in [3.05, 3.63) is 18.0 Å². The van der Waals surface area contributed by atoms with Gasteiger partial charge >= 0.3 is 6.18 Å². The van der Waals surface area contributed by atoms with Gasteiger partial charge in [0.25, 0.3) is 0 Å². The quantitative estimate of drug-likeness (QED) is 0.866. The molecule has 2 N–H and O–H groups in total. The summed E-state index contributed by atoms with van der Waals surface area (Å²) in [5, 5.41) is 6.29. The van der Waals surface area contributed by atoms with E-state index in [1.54, 1.807) is 0 Å². The maximum absolute atomic E-state index is 12.6. The number of hydrogen-bond acceptors (Lipinski definition) is 5. The number of nitrogens with zero attached hydrogens (tertiary/aromatic N) is 3. The largest absolute Gasteiger partial charge is 0.433 e. The van der Waals surface area contributed by atoms with E-state index in [4.69, 9.17) is 0 Å². The zero-order valence-corrected chi connectivity index (χ0v) is 10.8. The zero-order valence-electron chi connectivity index (χ0n) is 10.8. The van der Waals surface area contributed by atoms with Crippen molar-refractivity contribution in [1.82, 2.24) is 20.2 Å². The number of hydrogen-bond donors (Lipinski definition) is 2. The lowest BCUT2D eigenvalue weighted by atomic mass is 10.1. The van der Waals surface area contributed by atoms with Crippen LogP contribution in [0.15, 0.2) is 12.3 Å².